The summed E-state index contributed by atoms with van der Waals surface area (Å²) in [5.41, 5.74) is 2.88. The van der Waals surface area contributed by atoms with Crippen LogP contribution in [0.5, 0.6) is 11.5 Å². The molecule has 5 heteroatoms. The van der Waals surface area contributed by atoms with Gasteiger partial charge in [0.05, 0.1) is 11.3 Å². The second kappa shape index (κ2) is 6.48. The zero-order valence-electron chi connectivity index (χ0n) is 15.0. The van der Waals surface area contributed by atoms with E-state index in [-0.39, 0.29) is 17.7 Å². The van der Waals surface area contributed by atoms with Gasteiger partial charge in [-0.2, -0.15) is 0 Å². The molecule has 0 unspecified atom stereocenters. The van der Waals surface area contributed by atoms with Crippen molar-refractivity contribution in [2.75, 3.05) is 17.3 Å². The van der Waals surface area contributed by atoms with E-state index in [1.807, 2.05) is 25.1 Å². The van der Waals surface area contributed by atoms with Crippen molar-refractivity contribution in [3.8, 4) is 11.5 Å². The molecule has 1 fully saturated rings. The van der Waals surface area contributed by atoms with Gasteiger partial charge in [0.25, 0.3) is 5.91 Å². The molecule has 1 aliphatic carbocycles. The van der Waals surface area contributed by atoms with Gasteiger partial charge < -0.3 is 15.0 Å². The Balaban J connectivity index is 1.65. The number of fused-ring (bicyclic) bond motifs is 2. The lowest BCUT2D eigenvalue weighted by atomic mass is 10.1. The molecule has 26 heavy (non-hydrogen) atoms. The molecule has 0 aromatic heterocycles. The van der Waals surface area contributed by atoms with Crippen molar-refractivity contribution in [1.29, 1.82) is 0 Å². The van der Waals surface area contributed by atoms with Crippen LogP contribution in [-0.2, 0) is 4.79 Å². The minimum absolute atomic E-state index is 0.0386. The third kappa shape index (κ3) is 2.94. The molecule has 2 aliphatic rings. The van der Waals surface area contributed by atoms with Gasteiger partial charge in [-0.3, -0.25) is 9.59 Å². The molecule has 0 spiro atoms. The minimum Gasteiger partial charge on any atom is -0.454 e. The van der Waals surface area contributed by atoms with Crippen LogP contribution in [0.3, 0.4) is 0 Å². The van der Waals surface area contributed by atoms with E-state index in [1.54, 1.807) is 30.1 Å². The minimum atomic E-state index is -0.152. The molecule has 134 valence electrons. The Kier molecular flexibility index (Phi) is 4.15. The van der Waals surface area contributed by atoms with Crippen LogP contribution in [0, 0.1) is 12.8 Å². The van der Waals surface area contributed by atoms with Gasteiger partial charge in [-0.1, -0.05) is 18.9 Å². The van der Waals surface area contributed by atoms with Gasteiger partial charge in [-0.15, -0.1) is 0 Å². The summed E-state index contributed by atoms with van der Waals surface area (Å²) in [5, 5.41) is 2.95. The van der Waals surface area contributed by atoms with E-state index in [0.29, 0.717) is 22.7 Å². The van der Waals surface area contributed by atoms with Crippen LogP contribution in [0.15, 0.2) is 36.4 Å². The molecule has 4 rings (SSSR count). The van der Waals surface area contributed by atoms with Crippen molar-refractivity contribution in [2.45, 2.75) is 32.6 Å². The number of rotatable bonds is 2. The van der Waals surface area contributed by atoms with Gasteiger partial charge in [-0.25, -0.2) is 0 Å². The fourth-order valence-corrected chi connectivity index (χ4v) is 3.68. The lowest BCUT2D eigenvalue weighted by Gasteiger charge is -2.17. The smallest absolute Gasteiger partial charge is 0.261 e. The number of hydrogen-bond donors (Lipinski definition) is 1. The molecule has 2 amide bonds. The number of benzene rings is 2. The fourth-order valence-electron chi connectivity index (χ4n) is 3.68. The lowest BCUT2D eigenvalue weighted by molar-refractivity contribution is -0.119. The summed E-state index contributed by atoms with van der Waals surface area (Å²) in [6.45, 7) is 1.98. The molecule has 0 saturated heterocycles. The quantitative estimate of drug-likeness (QED) is 0.867. The molecular weight excluding hydrogens is 328 g/mol. The normalized spacial score (nSPS) is 16.5. The second-order valence-electron chi connectivity index (χ2n) is 7.12. The summed E-state index contributed by atoms with van der Waals surface area (Å²) in [4.78, 5) is 26.9. The third-order valence-corrected chi connectivity index (χ3v) is 5.20. The molecule has 1 heterocycles. The average Bonchev–Trinajstić information content (AvgIpc) is 3.15. The zero-order chi connectivity index (χ0) is 18.3. The number of ether oxygens (including phenoxy) is 1. The van der Waals surface area contributed by atoms with Crippen LogP contribution in [0.2, 0.25) is 0 Å². The number of hydrogen-bond acceptors (Lipinski definition) is 3. The summed E-state index contributed by atoms with van der Waals surface area (Å²) < 4.78 is 5.98. The molecule has 1 saturated carbocycles. The van der Waals surface area contributed by atoms with Crippen molar-refractivity contribution in [2.24, 2.45) is 5.92 Å². The maximum atomic E-state index is 12.9. The first-order chi connectivity index (χ1) is 12.5. The van der Waals surface area contributed by atoms with E-state index >= 15 is 0 Å². The summed E-state index contributed by atoms with van der Waals surface area (Å²) in [7, 11) is 1.74. The van der Waals surface area contributed by atoms with E-state index in [9.17, 15) is 9.59 Å². The highest BCUT2D eigenvalue weighted by Gasteiger charge is 2.27. The summed E-state index contributed by atoms with van der Waals surface area (Å²) in [6.07, 6.45) is 4.10. The zero-order valence-corrected chi connectivity index (χ0v) is 15.0. The fraction of sp³-hybridized carbons (Fsp3) is 0.333. The second-order valence-corrected chi connectivity index (χ2v) is 7.12. The number of carbonyl (C=O) groups is 2. The van der Waals surface area contributed by atoms with Crippen LogP contribution >= 0.6 is 0 Å². The van der Waals surface area contributed by atoms with Crippen LogP contribution in [0.25, 0.3) is 0 Å². The third-order valence-electron chi connectivity index (χ3n) is 5.20. The first-order valence-electron chi connectivity index (χ1n) is 9.04. The summed E-state index contributed by atoms with van der Waals surface area (Å²) in [6, 6.07) is 11.0. The van der Waals surface area contributed by atoms with Gasteiger partial charge in [-0.05, 0) is 55.7 Å². The Labute approximate surface area is 153 Å². The first kappa shape index (κ1) is 16.6. The van der Waals surface area contributed by atoms with E-state index in [0.717, 1.165) is 36.9 Å². The highest BCUT2D eigenvalue weighted by molar-refractivity contribution is 6.10. The van der Waals surface area contributed by atoms with Crippen molar-refractivity contribution >= 4 is 23.2 Å². The topological polar surface area (TPSA) is 58.6 Å². The standard InChI is InChI=1S/C21H22N2O3/c1-13-7-9-19-17(11-13)23(2)21(25)16-12-15(8-10-18(16)26-19)22-20(24)14-5-3-4-6-14/h7-12,14H,3-6H2,1-2H3,(H,22,24). The number of carbonyl (C=O) groups excluding carboxylic acids is 2. The number of anilines is 2. The predicted octanol–water partition coefficient (Wildman–Crippen LogP) is 4.51. The molecule has 1 aliphatic heterocycles. The highest BCUT2D eigenvalue weighted by atomic mass is 16.5. The number of nitrogens with zero attached hydrogens (tertiary/aromatic N) is 1. The average molecular weight is 350 g/mol. The molecule has 5 nitrogen and oxygen atoms in total. The Bertz CT molecular complexity index is 885. The van der Waals surface area contributed by atoms with Gasteiger partial charge in [0, 0.05) is 18.7 Å². The number of nitrogens with one attached hydrogen (secondary N) is 1. The Morgan fingerprint density at radius 2 is 1.85 bits per heavy atom. The maximum absolute atomic E-state index is 12.9. The summed E-state index contributed by atoms with van der Waals surface area (Å²) in [5.74, 6) is 1.12. The molecule has 0 bridgehead atoms. The first-order valence-corrected chi connectivity index (χ1v) is 9.04. The monoisotopic (exact) mass is 350 g/mol. The Morgan fingerprint density at radius 1 is 1.12 bits per heavy atom. The number of aryl methyl sites for hydroxylation is 1. The van der Waals surface area contributed by atoms with Gasteiger partial charge in [0.2, 0.25) is 5.91 Å². The van der Waals surface area contributed by atoms with E-state index in [4.69, 9.17) is 4.74 Å². The van der Waals surface area contributed by atoms with Crippen LogP contribution in [0.4, 0.5) is 11.4 Å². The summed E-state index contributed by atoms with van der Waals surface area (Å²) >= 11 is 0. The van der Waals surface area contributed by atoms with Crippen molar-refractivity contribution in [3.05, 3.63) is 47.5 Å². The molecule has 2 aromatic carbocycles. The van der Waals surface area contributed by atoms with Gasteiger partial charge in [0.15, 0.2) is 5.75 Å². The van der Waals surface area contributed by atoms with Crippen molar-refractivity contribution in [3.63, 3.8) is 0 Å². The SMILES string of the molecule is Cc1ccc2c(c1)N(C)C(=O)c1cc(NC(=O)C3CCCC3)ccc1O2. The van der Waals surface area contributed by atoms with Crippen molar-refractivity contribution in [1.82, 2.24) is 0 Å². The molecule has 0 atom stereocenters. The Hall–Kier alpha value is -2.82. The highest BCUT2D eigenvalue weighted by Crippen LogP contribution is 2.39. The van der Waals surface area contributed by atoms with E-state index in [2.05, 4.69) is 5.32 Å². The molecular formula is C21H22N2O3. The predicted molar refractivity (Wildman–Crippen MR) is 101 cm³/mol. The maximum Gasteiger partial charge on any atom is 0.261 e. The van der Waals surface area contributed by atoms with Crippen LogP contribution < -0.4 is 15.0 Å². The van der Waals surface area contributed by atoms with Crippen molar-refractivity contribution < 1.29 is 14.3 Å². The van der Waals surface area contributed by atoms with Gasteiger partial charge >= 0.3 is 0 Å². The molecule has 1 N–H and O–H groups in total. The molecule has 0 radical (unpaired) electrons. The van der Waals surface area contributed by atoms with Gasteiger partial charge in [0.1, 0.15) is 5.75 Å². The van der Waals surface area contributed by atoms with E-state index in [1.165, 1.54) is 0 Å². The van der Waals surface area contributed by atoms with Crippen LogP contribution in [-0.4, -0.2) is 18.9 Å². The largest absolute Gasteiger partial charge is 0.454 e. The lowest BCUT2D eigenvalue weighted by Crippen LogP contribution is -2.25. The number of amides is 2. The van der Waals surface area contributed by atoms with E-state index < -0.39 is 0 Å². The molecule has 2 aromatic rings. The Morgan fingerprint density at radius 3 is 2.62 bits per heavy atom. The van der Waals surface area contributed by atoms with Crippen LogP contribution in [0.1, 0.15) is 41.6 Å².